The van der Waals surface area contributed by atoms with Crippen LogP contribution in [-0.2, 0) is 9.47 Å². The summed E-state index contributed by atoms with van der Waals surface area (Å²) in [5, 5.41) is 0. The van der Waals surface area contributed by atoms with Crippen LogP contribution >= 0.6 is 0 Å². The molecule has 0 aliphatic heterocycles. The first kappa shape index (κ1) is 20.1. The molecule has 0 atom stereocenters. The second-order valence-corrected chi connectivity index (χ2v) is 9.54. The molecule has 0 aliphatic rings. The fourth-order valence-corrected chi connectivity index (χ4v) is 3.46. The summed E-state index contributed by atoms with van der Waals surface area (Å²) in [5.41, 5.74) is 0. The summed E-state index contributed by atoms with van der Waals surface area (Å²) in [6.07, 6.45) is 12.6. The molecule has 0 aromatic rings. The highest BCUT2D eigenvalue weighted by atomic mass is 28.3. The molecule has 0 aromatic carbocycles. The van der Waals surface area contributed by atoms with Crippen molar-refractivity contribution >= 4 is 8.80 Å². The first-order chi connectivity index (χ1) is 9.77. The standard InChI is InChI=1S/C17H38O2Si/c1-4-18-15-16-19-14-12-10-8-6-5-7-9-11-13-17-20(2)3/h20H,4-17H2,1-3H3. The molecule has 0 N–H and O–H groups in total. The van der Waals surface area contributed by atoms with Gasteiger partial charge in [0.15, 0.2) is 0 Å². The molecule has 0 heterocycles. The first-order valence-corrected chi connectivity index (χ1v) is 12.1. The van der Waals surface area contributed by atoms with E-state index in [0.717, 1.165) is 26.4 Å². The van der Waals surface area contributed by atoms with Crippen LogP contribution in [0.1, 0.15) is 64.7 Å². The molecule has 0 amide bonds. The van der Waals surface area contributed by atoms with Gasteiger partial charge in [0.2, 0.25) is 0 Å². The van der Waals surface area contributed by atoms with Crippen LogP contribution in [0, 0.1) is 0 Å². The molecule has 0 saturated carbocycles. The Morgan fingerprint density at radius 1 is 0.600 bits per heavy atom. The summed E-state index contributed by atoms with van der Waals surface area (Å²) in [4.78, 5) is 0. The summed E-state index contributed by atoms with van der Waals surface area (Å²) in [6, 6.07) is 1.54. The zero-order valence-electron chi connectivity index (χ0n) is 14.3. The Morgan fingerprint density at radius 2 is 1.10 bits per heavy atom. The Morgan fingerprint density at radius 3 is 1.65 bits per heavy atom. The molecule has 0 unspecified atom stereocenters. The molecule has 0 bridgehead atoms. The van der Waals surface area contributed by atoms with Gasteiger partial charge in [0.25, 0.3) is 0 Å². The van der Waals surface area contributed by atoms with Crippen molar-refractivity contribution in [3.8, 4) is 0 Å². The van der Waals surface area contributed by atoms with Crippen molar-refractivity contribution < 1.29 is 9.47 Å². The summed E-state index contributed by atoms with van der Waals surface area (Å²) in [6.45, 7) is 10.1. The van der Waals surface area contributed by atoms with Crippen LogP contribution in [0.25, 0.3) is 0 Å². The predicted molar refractivity (Wildman–Crippen MR) is 92.5 cm³/mol. The topological polar surface area (TPSA) is 18.5 Å². The van der Waals surface area contributed by atoms with Gasteiger partial charge in [-0.1, -0.05) is 70.5 Å². The average Bonchev–Trinajstić information content (AvgIpc) is 2.43. The van der Waals surface area contributed by atoms with Gasteiger partial charge in [-0.15, -0.1) is 0 Å². The van der Waals surface area contributed by atoms with E-state index >= 15 is 0 Å². The normalized spacial score (nSPS) is 11.4. The predicted octanol–water partition coefficient (Wildman–Crippen LogP) is 5.04. The molecule has 0 radical (unpaired) electrons. The van der Waals surface area contributed by atoms with Gasteiger partial charge >= 0.3 is 0 Å². The Bertz CT molecular complexity index is 174. The van der Waals surface area contributed by atoms with E-state index in [1.807, 2.05) is 6.92 Å². The zero-order valence-corrected chi connectivity index (χ0v) is 15.4. The van der Waals surface area contributed by atoms with Gasteiger partial charge in [-0.2, -0.15) is 0 Å². The highest BCUT2D eigenvalue weighted by Gasteiger charge is 1.96. The van der Waals surface area contributed by atoms with Crippen molar-refractivity contribution in [3.63, 3.8) is 0 Å². The lowest BCUT2D eigenvalue weighted by molar-refractivity contribution is 0.0512. The molecule has 0 fully saturated rings. The van der Waals surface area contributed by atoms with Crippen LogP contribution in [0.2, 0.25) is 19.1 Å². The highest BCUT2D eigenvalue weighted by Crippen LogP contribution is 2.11. The third-order valence-electron chi connectivity index (χ3n) is 3.65. The van der Waals surface area contributed by atoms with Crippen molar-refractivity contribution in [1.82, 2.24) is 0 Å². The maximum Gasteiger partial charge on any atom is 0.0700 e. The number of hydrogen-bond acceptors (Lipinski definition) is 2. The van der Waals surface area contributed by atoms with Gasteiger partial charge in [0, 0.05) is 22.0 Å². The second kappa shape index (κ2) is 17.2. The van der Waals surface area contributed by atoms with Crippen LogP contribution in [0.3, 0.4) is 0 Å². The lowest BCUT2D eigenvalue weighted by Crippen LogP contribution is -2.04. The van der Waals surface area contributed by atoms with E-state index in [9.17, 15) is 0 Å². The van der Waals surface area contributed by atoms with Gasteiger partial charge in [-0.3, -0.25) is 0 Å². The van der Waals surface area contributed by atoms with E-state index in [0.29, 0.717) is 0 Å². The molecule has 0 rings (SSSR count). The quantitative estimate of drug-likeness (QED) is 0.294. The maximum atomic E-state index is 5.51. The van der Waals surface area contributed by atoms with Crippen LogP contribution < -0.4 is 0 Å². The van der Waals surface area contributed by atoms with Crippen molar-refractivity contribution in [2.75, 3.05) is 26.4 Å². The smallest absolute Gasteiger partial charge is 0.0700 e. The van der Waals surface area contributed by atoms with E-state index in [-0.39, 0.29) is 8.80 Å². The lowest BCUT2D eigenvalue weighted by atomic mass is 10.1. The van der Waals surface area contributed by atoms with E-state index in [4.69, 9.17) is 9.47 Å². The number of rotatable bonds is 16. The minimum absolute atomic E-state index is 0.281. The lowest BCUT2D eigenvalue weighted by Gasteiger charge is -2.05. The third kappa shape index (κ3) is 18.1. The SMILES string of the molecule is CCOCCOCCCCCCCCCCC[SiH](C)C. The Labute approximate surface area is 129 Å². The molecule has 0 spiro atoms. The molecule has 2 nitrogen and oxygen atoms in total. The molecular weight excluding hydrogens is 264 g/mol. The Hall–Kier alpha value is 0.137. The van der Waals surface area contributed by atoms with Crippen LogP contribution in [-0.4, -0.2) is 35.2 Å². The third-order valence-corrected chi connectivity index (χ3v) is 5.21. The zero-order chi connectivity index (χ0) is 14.9. The van der Waals surface area contributed by atoms with Gasteiger partial charge < -0.3 is 9.47 Å². The summed E-state index contributed by atoms with van der Waals surface area (Å²) >= 11 is 0. The summed E-state index contributed by atoms with van der Waals surface area (Å²) in [5.74, 6) is 0. The molecule has 0 aliphatic carbocycles. The van der Waals surface area contributed by atoms with E-state index in [1.165, 1.54) is 57.8 Å². The van der Waals surface area contributed by atoms with E-state index < -0.39 is 0 Å². The van der Waals surface area contributed by atoms with Crippen molar-refractivity contribution in [2.45, 2.75) is 83.8 Å². The molecule has 3 heteroatoms. The minimum Gasteiger partial charge on any atom is -0.379 e. The van der Waals surface area contributed by atoms with Gasteiger partial charge in [0.05, 0.1) is 13.2 Å². The fraction of sp³-hybridized carbons (Fsp3) is 1.00. The van der Waals surface area contributed by atoms with Gasteiger partial charge in [-0.05, 0) is 13.3 Å². The maximum absolute atomic E-state index is 5.51. The molecule has 0 saturated heterocycles. The minimum atomic E-state index is -0.281. The van der Waals surface area contributed by atoms with E-state index in [1.54, 1.807) is 6.04 Å². The Kier molecular flexibility index (Phi) is 17.3. The molecule has 0 aromatic heterocycles. The molecule has 122 valence electrons. The van der Waals surface area contributed by atoms with Crippen LogP contribution in [0.5, 0.6) is 0 Å². The average molecular weight is 303 g/mol. The van der Waals surface area contributed by atoms with Crippen molar-refractivity contribution in [3.05, 3.63) is 0 Å². The monoisotopic (exact) mass is 302 g/mol. The second-order valence-electron chi connectivity index (χ2n) is 6.17. The molecule has 20 heavy (non-hydrogen) atoms. The first-order valence-electron chi connectivity index (χ1n) is 8.92. The van der Waals surface area contributed by atoms with Gasteiger partial charge in [-0.25, -0.2) is 0 Å². The van der Waals surface area contributed by atoms with Crippen molar-refractivity contribution in [2.24, 2.45) is 0 Å². The van der Waals surface area contributed by atoms with E-state index in [2.05, 4.69) is 13.1 Å². The van der Waals surface area contributed by atoms with Crippen LogP contribution in [0.4, 0.5) is 0 Å². The number of ether oxygens (including phenoxy) is 2. The summed E-state index contributed by atoms with van der Waals surface area (Å²) in [7, 11) is -0.281. The fourth-order valence-electron chi connectivity index (χ4n) is 2.36. The van der Waals surface area contributed by atoms with Gasteiger partial charge in [0.1, 0.15) is 0 Å². The highest BCUT2D eigenvalue weighted by molar-refractivity contribution is 6.55. The Balaban J connectivity index is 2.92. The van der Waals surface area contributed by atoms with Crippen LogP contribution in [0.15, 0.2) is 0 Å². The largest absolute Gasteiger partial charge is 0.379 e. The van der Waals surface area contributed by atoms with Crippen molar-refractivity contribution in [1.29, 1.82) is 0 Å². The number of unbranched alkanes of at least 4 members (excludes halogenated alkanes) is 8. The number of hydrogen-bond donors (Lipinski definition) is 0. The molecular formula is C17H38O2Si. The summed E-state index contributed by atoms with van der Waals surface area (Å²) < 4.78 is 10.7.